The molecular weight excluding hydrogens is 408 g/mol. The maximum absolute atomic E-state index is 12.8. The monoisotopic (exact) mass is 442 g/mol. The Morgan fingerprint density at radius 3 is 2.03 bits per heavy atom. The van der Waals surface area contributed by atoms with Crippen molar-refractivity contribution < 1.29 is 13.2 Å². The second kappa shape index (κ2) is 9.13. The number of carbonyl (C=O) groups is 1. The van der Waals surface area contributed by atoms with Crippen molar-refractivity contribution >= 4 is 15.9 Å². The quantitative estimate of drug-likeness (QED) is 0.737. The predicted octanol–water partition coefficient (Wildman–Crippen LogP) is 4.58. The maximum atomic E-state index is 12.8. The van der Waals surface area contributed by atoms with Crippen molar-refractivity contribution in [3.63, 3.8) is 0 Å². The highest BCUT2D eigenvalue weighted by Gasteiger charge is 2.26. The molecule has 2 aromatic carbocycles. The smallest absolute Gasteiger partial charge is 0.253 e. The Morgan fingerprint density at radius 1 is 0.968 bits per heavy atom. The molecule has 5 nitrogen and oxygen atoms in total. The SMILES string of the molecule is CC1CC(C)CN(C(=O)c2ccc(CNS(=O)(=O)c3ccc(C(C)(C)C)cc3)cc2)C1. The normalized spacial score (nSPS) is 20.0. The number of hydrogen-bond acceptors (Lipinski definition) is 3. The van der Waals surface area contributed by atoms with Crippen molar-refractivity contribution in [1.82, 2.24) is 9.62 Å². The molecule has 168 valence electrons. The first kappa shape index (κ1) is 23.5. The number of nitrogens with one attached hydrogen (secondary N) is 1. The lowest BCUT2D eigenvalue weighted by Crippen LogP contribution is -2.42. The van der Waals surface area contributed by atoms with Crippen LogP contribution in [0.15, 0.2) is 53.4 Å². The largest absolute Gasteiger partial charge is 0.338 e. The van der Waals surface area contributed by atoms with Gasteiger partial charge in [-0.15, -0.1) is 0 Å². The van der Waals surface area contributed by atoms with Crippen LogP contribution in [0.25, 0.3) is 0 Å². The van der Waals surface area contributed by atoms with Crippen molar-refractivity contribution in [1.29, 1.82) is 0 Å². The van der Waals surface area contributed by atoms with Gasteiger partial charge in [0.2, 0.25) is 10.0 Å². The van der Waals surface area contributed by atoms with Crippen LogP contribution >= 0.6 is 0 Å². The van der Waals surface area contributed by atoms with Gasteiger partial charge in [0.1, 0.15) is 0 Å². The number of carbonyl (C=O) groups excluding carboxylic acids is 1. The zero-order valence-corrected chi connectivity index (χ0v) is 20.0. The number of rotatable bonds is 5. The van der Waals surface area contributed by atoms with E-state index in [1.54, 1.807) is 24.3 Å². The van der Waals surface area contributed by atoms with Gasteiger partial charge in [0.15, 0.2) is 0 Å². The van der Waals surface area contributed by atoms with E-state index < -0.39 is 10.0 Å². The van der Waals surface area contributed by atoms with E-state index in [1.807, 2.05) is 29.2 Å². The van der Waals surface area contributed by atoms with E-state index >= 15 is 0 Å². The van der Waals surface area contributed by atoms with E-state index in [4.69, 9.17) is 0 Å². The Bertz CT molecular complexity index is 996. The van der Waals surface area contributed by atoms with E-state index in [2.05, 4.69) is 39.3 Å². The Hall–Kier alpha value is -2.18. The number of sulfonamides is 1. The van der Waals surface area contributed by atoms with Gasteiger partial charge in [0.25, 0.3) is 5.91 Å². The topological polar surface area (TPSA) is 66.5 Å². The second-order valence-electron chi connectivity index (χ2n) is 9.95. The standard InChI is InChI=1S/C25H34N2O3S/c1-18-14-19(2)17-27(16-18)24(28)21-8-6-20(7-9-21)15-26-31(29,30)23-12-10-22(11-13-23)25(3,4)5/h6-13,18-19,26H,14-17H2,1-5H3. The van der Waals surface area contributed by atoms with E-state index in [-0.39, 0.29) is 22.8 Å². The summed E-state index contributed by atoms with van der Waals surface area (Å²) in [6.45, 7) is 12.4. The number of piperidine rings is 1. The van der Waals surface area contributed by atoms with E-state index in [1.165, 1.54) is 0 Å². The fourth-order valence-electron chi connectivity index (χ4n) is 4.17. The van der Waals surface area contributed by atoms with Crippen LogP contribution in [0.3, 0.4) is 0 Å². The molecule has 1 saturated heterocycles. The van der Waals surface area contributed by atoms with Gasteiger partial charge in [-0.3, -0.25) is 4.79 Å². The molecule has 2 unspecified atom stereocenters. The van der Waals surface area contributed by atoms with E-state index in [0.29, 0.717) is 17.4 Å². The molecule has 1 amide bonds. The molecule has 1 fully saturated rings. The third-order valence-corrected chi connectivity index (χ3v) is 7.27. The van der Waals surface area contributed by atoms with Gasteiger partial charge in [-0.05, 0) is 59.1 Å². The lowest BCUT2D eigenvalue weighted by molar-refractivity contribution is 0.0623. The Balaban J connectivity index is 1.62. The van der Waals surface area contributed by atoms with Gasteiger partial charge in [-0.25, -0.2) is 13.1 Å². The first-order valence-corrected chi connectivity index (χ1v) is 12.4. The van der Waals surface area contributed by atoms with Crippen LogP contribution in [-0.4, -0.2) is 32.3 Å². The number of benzene rings is 2. The zero-order chi connectivity index (χ0) is 22.8. The van der Waals surface area contributed by atoms with Gasteiger partial charge in [-0.1, -0.05) is 58.9 Å². The van der Waals surface area contributed by atoms with Gasteiger partial charge in [0, 0.05) is 25.2 Å². The molecule has 1 aliphatic heterocycles. The van der Waals surface area contributed by atoms with Gasteiger partial charge in [-0.2, -0.15) is 0 Å². The molecular formula is C25H34N2O3S. The fourth-order valence-corrected chi connectivity index (χ4v) is 5.19. The maximum Gasteiger partial charge on any atom is 0.253 e. The Morgan fingerprint density at radius 2 is 1.52 bits per heavy atom. The molecule has 0 radical (unpaired) electrons. The molecule has 31 heavy (non-hydrogen) atoms. The predicted molar refractivity (Wildman–Crippen MR) is 124 cm³/mol. The van der Waals surface area contributed by atoms with E-state index in [9.17, 15) is 13.2 Å². The molecule has 2 atom stereocenters. The third-order valence-electron chi connectivity index (χ3n) is 5.85. The Labute approximate surface area is 186 Å². The highest BCUT2D eigenvalue weighted by atomic mass is 32.2. The number of nitrogens with zero attached hydrogens (tertiary/aromatic N) is 1. The first-order chi connectivity index (χ1) is 14.5. The van der Waals surface area contributed by atoms with Crippen LogP contribution in [0.2, 0.25) is 0 Å². The van der Waals surface area contributed by atoms with E-state index in [0.717, 1.165) is 30.6 Å². The van der Waals surface area contributed by atoms with Crippen LogP contribution in [0, 0.1) is 11.8 Å². The molecule has 3 rings (SSSR count). The number of likely N-dealkylation sites (tertiary alicyclic amines) is 1. The fraction of sp³-hybridized carbons (Fsp3) is 0.480. The first-order valence-electron chi connectivity index (χ1n) is 10.9. The van der Waals surface area contributed by atoms with Crippen molar-refractivity contribution in [3.8, 4) is 0 Å². The Kier molecular flexibility index (Phi) is 6.92. The number of hydrogen-bond donors (Lipinski definition) is 1. The molecule has 0 bridgehead atoms. The van der Waals surface area contributed by atoms with Crippen LogP contribution in [0.4, 0.5) is 0 Å². The summed E-state index contributed by atoms with van der Waals surface area (Å²) < 4.78 is 27.9. The summed E-state index contributed by atoms with van der Waals surface area (Å²) >= 11 is 0. The molecule has 1 aliphatic rings. The van der Waals surface area contributed by atoms with Crippen LogP contribution in [0.1, 0.15) is 62.5 Å². The van der Waals surface area contributed by atoms with Crippen molar-refractivity contribution in [2.24, 2.45) is 11.8 Å². The molecule has 2 aromatic rings. The summed E-state index contributed by atoms with van der Waals surface area (Å²) in [7, 11) is -3.60. The highest BCUT2D eigenvalue weighted by molar-refractivity contribution is 7.89. The molecule has 0 spiro atoms. The van der Waals surface area contributed by atoms with Crippen LogP contribution < -0.4 is 4.72 Å². The molecule has 0 aromatic heterocycles. The molecule has 0 aliphatic carbocycles. The lowest BCUT2D eigenvalue weighted by atomic mass is 9.87. The summed E-state index contributed by atoms with van der Waals surface area (Å²) in [6, 6.07) is 14.2. The minimum atomic E-state index is -3.60. The van der Waals surface area contributed by atoms with Crippen molar-refractivity contribution in [2.45, 2.75) is 57.9 Å². The highest BCUT2D eigenvalue weighted by Crippen LogP contribution is 2.24. The van der Waals surface area contributed by atoms with Crippen molar-refractivity contribution in [3.05, 3.63) is 65.2 Å². The van der Waals surface area contributed by atoms with Gasteiger partial charge >= 0.3 is 0 Å². The summed E-state index contributed by atoms with van der Waals surface area (Å²) in [6.07, 6.45) is 1.15. The van der Waals surface area contributed by atoms with Gasteiger partial charge in [0.05, 0.1) is 4.90 Å². The van der Waals surface area contributed by atoms with Crippen molar-refractivity contribution in [2.75, 3.05) is 13.1 Å². The van der Waals surface area contributed by atoms with Crippen LogP contribution in [-0.2, 0) is 22.0 Å². The summed E-state index contributed by atoms with van der Waals surface area (Å²) in [5, 5.41) is 0. The molecule has 1 heterocycles. The molecule has 6 heteroatoms. The molecule has 0 saturated carbocycles. The minimum absolute atomic E-state index is 0.0286. The third kappa shape index (κ3) is 5.95. The summed E-state index contributed by atoms with van der Waals surface area (Å²) in [5.74, 6) is 1.07. The number of amides is 1. The van der Waals surface area contributed by atoms with Crippen LogP contribution in [0.5, 0.6) is 0 Å². The lowest BCUT2D eigenvalue weighted by Gasteiger charge is -2.35. The molecule has 1 N–H and O–H groups in total. The summed E-state index contributed by atoms with van der Waals surface area (Å²) in [5.41, 5.74) is 2.51. The average Bonchev–Trinajstić information content (AvgIpc) is 2.71. The minimum Gasteiger partial charge on any atom is -0.338 e. The zero-order valence-electron chi connectivity index (χ0n) is 19.2. The summed E-state index contributed by atoms with van der Waals surface area (Å²) in [4.78, 5) is 15.0. The average molecular weight is 443 g/mol. The second-order valence-corrected chi connectivity index (χ2v) is 11.7. The van der Waals surface area contributed by atoms with Gasteiger partial charge < -0.3 is 4.90 Å².